The Bertz CT molecular complexity index is 363. The molecular weight excluding hydrogens is 205 g/mol. The van der Waals surface area contributed by atoms with Crippen molar-refractivity contribution in [1.29, 1.82) is 0 Å². The monoisotopic (exact) mass is 223 g/mol. The zero-order valence-electron chi connectivity index (χ0n) is 9.63. The lowest BCUT2D eigenvalue weighted by Gasteiger charge is -2.11. The fraction of sp³-hybridized carbons (Fsp3) is 0.385. The van der Waals surface area contributed by atoms with E-state index in [0.29, 0.717) is 25.3 Å². The van der Waals surface area contributed by atoms with Crippen molar-refractivity contribution < 1.29 is 9.13 Å². The van der Waals surface area contributed by atoms with Gasteiger partial charge in [-0.25, -0.2) is 4.39 Å². The maximum Gasteiger partial charge on any atom is 0.123 e. The average molecular weight is 223 g/mol. The van der Waals surface area contributed by atoms with Gasteiger partial charge in [0.2, 0.25) is 0 Å². The van der Waals surface area contributed by atoms with E-state index in [0.717, 1.165) is 17.6 Å². The number of hydrogen-bond acceptors (Lipinski definition) is 2. The number of benzene rings is 1. The predicted molar refractivity (Wildman–Crippen MR) is 64.1 cm³/mol. The van der Waals surface area contributed by atoms with Gasteiger partial charge in [0.05, 0.1) is 6.61 Å². The molecule has 0 saturated heterocycles. The van der Waals surface area contributed by atoms with Crippen LogP contribution in [-0.4, -0.2) is 13.2 Å². The van der Waals surface area contributed by atoms with Crippen molar-refractivity contribution in [1.82, 2.24) is 0 Å². The highest BCUT2D eigenvalue weighted by Crippen LogP contribution is 2.20. The van der Waals surface area contributed by atoms with E-state index >= 15 is 0 Å². The van der Waals surface area contributed by atoms with Crippen LogP contribution >= 0.6 is 0 Å². The van der Waals surface area contributed by atoms with Gasteiger partial charge in [-0.1, -0.05) is 5.57 Å². The van der Waals surface area contributed by atoms with Gasteiger partial charge >= 0.3 is 0 Å². The Kier molecular flexibility index (Phi) is 4.99. The first-order valence-electron chi connectivity index (χ1n) is 5.39. The Morgan fingerprint density at radius 1 is 1.50 bits per heavy atom. The summed E-state index contributed by atoms with van der Waals surface area (Å²) in [7, 11) is 0. The van der Waals surface area contributed by atoms with Crippen molar-refractivity contribution in [2.75, 3.05) is 13.2 Å². The molecule has 0 fully saturated rings. The molecule has 0 atom stereocenters. The van der Waals surface area contributed by atoms with Gasteiger partial charge in [0.1, 0.15) is 11.6 Å². The standard InChI is InChI=1S/C13H18FNO/c1-10(2)6-8-16-13-4-3-12(14)9-11(13)5-7-15/h3-4,9H,1,5-8,15H2,2H3. The molecule has 2 N–H and O–H groups in total. The van der Waals surface area contributed by atoms with Crippen LogP contribution in [0.2, 0.25) is 0 Å². The molecular formula is C13H18FNO. The van der Waals surface area contributed by atoms with Gasteiger partial charge in [0, 0.05) is 6.42 Å². The van der Waals surface area contributed by atoms with E-state index in [1.54, 1.807) is 6.07 Å². The van der Waals surface area contributed by atoms with Crippen LogP contribution in [0, 0.1) is 5.82 Å². The summed E-state index contributed by atoms with van der Waals surface area (Å²) in [5.74, 6) is 0.462. The highest BCUT2D eigenvalue weighted by Gasteiger charge is 2.04. The minimum absolute atomic E-state index is 0.254. The second-order valence-corrected chi connectivity index (χ2v) is 3.85. The summed E-state index contributed by atoms with van der Waals surface area (Å²) in [6, 6.07) is 4.53. The van der Waals surface area contributed by atoms with Crippen LogP contribution in [0.15, 0.2) is 30.4 Å². The fourth-order valence-electron chi connectivity index (χ4n) is 1.37. The first-order valence-corrected chi connectivity index (χ1v) is 5.39. The van der Waals surface area contributed by atoms with Gasteiger partial charge in [-0.15, -0.1) is 6.58 Å². The smallest absolute Gasteiger partial charge is 0.123 e. The van der Waals surface area contributed by atoms with Crippen LogP contribution in [0.3, 0.4) is 0 Å². The zero-order valence-corrected chi connectivity index (χ0v) is 9.63. The predicted octanol–water partition coefficient (Wildman–Crippen LogP) is 2.67. The van der Waals surface area contributed by atoms with Crippen LogP contribution in [0.25, 0.3) is 0 Å². The summed E-state index contributed by atoms with van der Waals surface area (Å²) < 4.78 is 18.6. The molecule has 88 valence electrons. The molecule has 0 aliphatic carbocycles. The highest BCUT2D eigenvalue weighted by atomic mass is 19.1. The lowest BCUT2D eigenvalue weighted by molar-refractivity contribution is 0.318. The molecule has 16 heavy (non-hydrogen) atoms. The van der Waals surface area contributed by atoms with E-state index in [-0.39, 0.29) is 5.82 Å². The third-order valence-corrected chi connectivity index (χ3v) is 2.22. The van der Waals surface area contributed by atoms with E-state index in [1.807, 2.05) is 6.92 Å². The molecule has 0 aliphatic rings. The van der Waals surface area contributed by atoms with Gasteiger partial charge in [0.25, 0.3) is 0 Å². The number of halogens is 1. The van der Waals surface area contributed by atoms with Gasteiger partial charge in [-0.05, 0) is 43.7 Å². The van der Waals surface area contributed by atoms with Crippen LogP contribution in [0.4, 0.5) is 4.39 Å². The Balaban J connectivity index is 2.66. The molecule has 1 rings (SSSR count). The summed E-state index contributed by atoms with van der Waals surface area (Å²) in [5.41, 5.74) is 7.36. The van der Waals surface area contributed by atoms with E-state index in [9.17, 15) is 4.39 Å². The van der Waals surface area contributed by atoms with Crippen molar-refractivity contribution in [2.45, 2.75) is 19.8 Å². The minimum atomic E-state index is -0.254. The van der Waals surface area contributed by atoms with Gasteiger partial charge in [-0.3, -0.25) is 0 Å². The molecule has 0 unspecified atom stereocenters. The molecule has 0 aliphatic heterocycles. The molecule has 0 aromatic heterocycles. The molecule has 0 spiro atoms. The molecule has 0 amide bonds. The largest absolute Gasteiger partial charge is 0.493 e. The third-order valence-electron chi connectivity index (χ3n) is 2.22. The second kappa shape index (κ2) is 6.28. The molecule has 0 radical (unpaired) electrons. The van der Waals surface area contributed by atoms with Crippen LogP contribution in [0.1, 0.15) is 18.9 Å². The number of hydrogen-bond donors (Lipinski definition) is 1. The second-order valence-electron chi connectivity index (χ2n) is 3.85. The molecule has 1 aromatic rings. The van der Waals surface area contributed by atoms with Gasteiger partial charge < -0.3 is 10.5 Å². The number of ether oxygens (including phenoxy) is 1. The first-order chi connectivity index (χ1) is 7.63. The van der Waals surface area contributed by atoms with Crippen LogP contribution in [0.5, 0.6) is 5.75 Å². The van der Waals surface area contributed by atoms with E-state index in [4.69, 9.17) is 10.5 Å². The minimum Gasteiger partial charge on any atom is -0.493 e. The van der Waals surface area contributed by atoms with Gasteiger partial charge in [0.15, 0.2) is 0 Å². The molecule has 1 aromatic carbocycles. The van der Waals surface area contributed by atoms with E-state index in [2.05, 4.69) is 6.58 Å². The maximum absolute atomic E-state index is 13.0. The Hall–Kier alpha value is -1.35. The van der Waals surface area contributed by atoms with Crippen molar-refractivity contribution in [3.8, 4) is 5.75 Å². The molecule has 0 heterocycles. The Labute approximate surface area is 95.9 Å². The van der Waals surface area contributed by atoms with Gasteiger partial charge in [-0.2, -0.15) is 0 Å². The van der Waals surface area contributed by atoms with E-state index < -0.39 is 0 Å². The Morgan fingerprint density at radius 2 is 2.25 bits per heavy atom. The highest BCUT2D eigenvalue weighted by molar-refractivity contribution is 5.34. The van der Waals surface area contributed by atoms with E-state index in [1.165, 1.54) is 12.1 Å². The number of rotatable bonds is 6. The first kappa shape index (κ1) is 12.7. The SMILES string of the molecule is C=C(C)CCOc1ccc(F)cc1CCN. The summed E-state index contributed by atoms with van der Waals surface area (Å²) in [4.78, 5) is 0. The van der Waals surface area contributed by atoms with Crippen LogP contribution in [-0.2, 0) is 6.42 Å². The quantitative estimate of drug-likeness (QED) is 0.752. The molecule has 2 nitrogen and oxygen atoms in total. The summed E-state index contributed by atoms with van der Waals surface area (Å²) in [5, 5.41) is 0. The zero-order chi connectivity index (χ0) is 12.0. The van der Waals surface area contributed by atoms with Crippen molar-refractivity contribution in [2.24, 2.45) is 5.73 Å². The summed E-state index contributed by atoms with van der Waals surface area (Å²) >= 11 is 0. The Morgan fingerprint density at radius 3 is 2.88 bits per heavy atom. The van der Waals surface area contributed by atoms with Crippen LogP contribution < -0.4 is 10.5 Å². The summed E-state index contributed by atoms with van der Waals surface area (Å²) in [6.45, 7) is 6.81. The topological polar surface area (TPSA) is 35.2 Å². The average Bonchev–Trinajstić information content (AvgIpc) is 2.21. The fourth-order valence-corrected chi connectivity index (χ4v) is 1.37. The van der Waals surface area contributed by atoms with Crippen molar-refractivity contribution in [3.05, 3.63) is 41.7 Å². The van der Waals surface area contributed by atoms with Crippen molar-refractivity contribution in [3.63, 3.8) is 0 Å². The molecule has 0 saturated carbocycles. The molecule has 0 bridgehead atoms. The van der Waals surface area contributed by atoms with Crippen molar-refractivity contribution >= 4 is 0 Å². The lowest BCUT2D eigenvalue weighted by atomic mass is 10.1. The lowest BCUT2D eigenvalue weighted by Crippen LogP contribution is -2.06. The molecule has 3 heteroatoms. The normalized spacial score (nSPS) is 10.2. The third kappa shape index (κ3) is 4.03. The maximum atomic E-state index is 13.0. The summed E-state index contributed by atoms with van der Waals surface area (Å²) in [6.07, 6.45) is 1.43. The number of nitrogens with two attached hydrogens (primary N) is 1.